The summed E-state index contributed by atoms with van der Waals surface area (Å²) in [5.74, 6) is 1.09. The molecule has 1 amide bonds. The summed E-state index contributed by atoms with van der Waals surface area (Å²) in [5.41, 5.74) is 2.33. The van der Waals surface area contributed by atoms with Crippen LogP contribution in [0.1, 0.15) is 12.0 Å². The van der Waals surface area contributed by atoms with Crippen molar-refractivity contribution >= 4 is 11.6 Å². The van der Waals surface area contributed by atoms with Crippen LogP contribution in [-0.4, -0.2) is 44.1 Å². The van der Waals surface area contributed by atoms with Crippen molar-refractivity contribution in [2.45, 2.75) is 12.8 Å². The maximum Gasteiger partial charge on any atom is 0.223 e. The van der Waals surface area contributed by atoms with Crippen molar-refractivity contribution in [1.29, 1.82) is 0 Å². The molecule has 2 aromatic rings. The molecule has 24 heavy (non-hydrogen) atoms. The number of amides is 1. The predicted octanol–water partition coefficient (Wildman–Crippen LogP) is 2.98. The van der Waals surface area contributed by atoms with Gasteiger partial charge in [-0.2, -0.15) is 0 Å². The summed E-state index contributed by atoms with van der Waals surface area (Å²) in [5, 5.41) is 0. The summed E-state index contributed by atoms with van der Waals surface area (Å²) >= 11 is 0. The minimum absolute atomic E-state index is 0.230. The van der Waals surface area contributed by atoms with Gasteiger partial charge in [-0.15, -0.1) is 0 Å². The number of carbonyl (C=O) groups is 1. The van der Waals surface area contributed by atoms with Gasteiger partial charge in [0, 0.05) is 38.3 Å². The van der Waals surface area contributed by atoms with E-state index in [1.54, 1.807) is 7.11 Å². The minimum atomic E-state index is 0.230. The molecule has 126 valence electrons. The van der Waals surface area contributed by atoms with Crippen molar-refractivity contribution in [2.24, 2.45) is 0 Å². The lowest BCUT2D eigenvalue weighted by molar-refractivity contribution is -0.131. The molecule has 4 heteroatoms. The number of rotatable bonds is 5. The highest BCUT2D eigenvalue weighted by Crippen LogP contribution is 2.20. The Labute approximate surface area is 143 Å². The summed E-state index contributed by atoms with van der Waals surface area (Å²) in [6.07, 6.45) is 1.26. The Morgan fingerprint density at radius 3 is 2.33 bits per heavy atom. The zero-order valence-electron chi connectivity index (χ0n) is 14.1. The van der Waals surface area contributed by atoms with Gasteiger partial charge in [0.05, 0.1) is 7.11 Å². The molecule has 1 saturated heterocycles. The van der Waals surface area contributed by atoms with E-state index < -0.39 is 0 Å². The fraction of sp³-hybridized carbons (Fsp3) is 0.350. The van der Waals surface area contributed by atoms with Gasteiger partial charge in [0.25, 0.3) is 0 Å². The van der Waals surface area contributed by atoms with E-state index in [9.17, 15) is 4.79 Å². The molecule has 0 spiro atoms. The fourth-order valence-corrected chi connectivity index (χ4v) is 3.16. The molecule has 0 N–H and O–H groups in total. The van der Waals surface area contributed by atoms with Crippen molar-refractivity contribution in [3.8, 4) is 5.75 Å². The molecular formula is C20H24N2O2. The van der Waals surface area contributed by atoms with Gasteiger partial charge in [-0.05, 0) is 30.2 Å². The standard InChI is InChI=1S/C20H24N2O2/c1-24-19-10-6-5-7-17(19)11-12-20(23)22-15-13-21(14-16-22)18-8-3-2-4-9-18/h2-10H,11-16H2,1H3. The van der Waals surface area contributed by atoms with E-state index in [2.05, 4.69) is 29.2 Å². The Kier molecular flexibility index (Phi) is 5.36. The monoisotopic (exact) mass is 324 g/mol. The SMILES string of the molecule is COc1ccccc1CCC(=O)N1CCN(c2ccccc2)CC1. The number of benzene rings is 2. The lowest BCUT2D eigenvalue weighted by Crippen LogP contribution is -2.48. The first-order valence-corrected chi connectivity index (χ1v) is 8.47. The third-order valence-corrected chi connectivity index (χ3v) is 4.55. The number of ether oxygens (including phenoxy) is 1. The van der Waals surface area contributed by atoms with Crippen LogP contribution in [0, 0.1) is 0 Å². The van der Waals surface area contributed by atoms with Crippen molar-refractivity contribution in [3.05, 3.63) is 60.2 Å². The zero-order valence-corrected chi connectivity index (χ0v) is 14.1. The van der Waals surface area contributed by atoms with E-state index in [1.807, 2.05) is 35.2 Å². The van der Waals surface area contributed by atoms with Crippen LogP contribution in [-0.2, 0) is 11.2 Å². The molecule has 1 aliphatic rings. The summed E-state index contributed by atoms with van der Waals surface area (Å²) < 4.78 is 5.35. The van der Waals surface area contributed by atoms with E-state index in [0.29, 0.717) is 6.42 Å². The molecule has 0 aliphatic carbocycles. The average molecular weight is 324 g/mol. The van der Waals surface area contributed by atoms with Crippen LogP contribution < -0.4 is 9.64 Å². The summed E-state index contributed by atoms with van der Waals surface area (Å²) in [6, 6.07) is 18.3. The normalized spacial score (nSPS) is 14.5. The molecule has 1 fully saturated rings. The van der Waals surface area contributed by atoms with E-state index >= 15 is 0 Å². The summed E-state index contributed by atoms with van der Waals surface area (Å²) in [7, 11) is 1.67. The molecule has 0 saturated carbocycles. The highest BCUT2D eigenvalue weighted by molar-refractivity contribution is 5.77. The van der Waals surface area contributed by atoms with Crippen molar-refractivity contribution in [3.63, 3.8) is 0 Å². The average Bonchev–Trinajstić information content (AvgIpc) is 2.67. The Hall–Kier alpha value is -2.49. The quantitative estimate of drug-likeness (QED) is 0.848. The summed E-state index contributed by atoms with van der Waals surface area (Å²) in [4.78, 5) is 16.8. The molecule has 4 nitrogen and oxygen atoms in total. The van der Waals surface area contributed by atoms with E-state index in [-0.39, 0.29) is 5.91 Å². The third-order valence-electron chi connectivity index (χ3n) is 4.55. The third kappa shape index (κ3) is 3.88. The Bertz CT molecular complexity index is 664. The number of nitrogens with zero attached hydrogens (tertiary/aromatic N) is 2. The van der Waals surface area contributed by atoms with Crippen LogP contribution in [0.4, 0.5) is 5.69 Å². The molecule has 0 bridgehead atoms. The molecule has 0 radical (unpaired) electrons. The summed E-state index contributed by atoms with van der Waals surface area (Å²) in [6.45, 7) is 3.37. The van der Waals surface area contributed by atoms with Gasteiger partial charge in [0.15, 0.2) is 0 Å². The number of anilines is 1. The van der Waals surface area contributed by atoms with Gasteiger partial charge < -0.3 is 14.5 Å². The van der Waals surface area contributed by atoms with Crippen LogP contribution in [0.2, 0.25) is 0 Å². The highest BCUT2D eigenvalue weighted by atomic mass is 16.5. The van der Waals surface area contributed by atoms with Gasteiger partial charge in [-0.3, -0.25) is 4.79 Å². The first kappa shape index (κ1) is 16.4. The second kappa shape index (κ2) is 7.86. The highest BCUT2D eigenvalue weighted by Gasteiger charge is 2.21. The number of aryl methyl sites for hydroxylation is 1. The smallest absolute Gasteiger partial charge is 0.223 e. The molecule has 0 unspecified atom stereocenters. The van der Waals surface area contributed by atoms with Crippen LogP contribution in [0.5, 0.6) is 5.75 Å². The van der Waals surface area contributed by atoms with E-state index in [0.717, 1.165) is 43.9 Å². The number of para-hydroxylation sites is 2. The number of piperazine rings is 1. The molecule has 1 heterocycles. The van der Waals surface area contributed by atoms with Crippen LogP contribution in [0.15, 0.2) is 54.6 Å². The Morgan fingerprint density at radius 1 is 0.958 bits per heavy atom. The van der Waals surface area contributed by atoms with E-state index in [4.69, 9.17) is 4.74 Å². The molecule has 0 aromatic heterocycles. The second-order valence-corrected chi connectivity index (χ2v) is 6.02. The fourth-order valence-electron chi connectivity index (χ4n) is 3.16. The van der Waals surface area contributed by atoms with Crippen molar-refractivity contribution < 1.29 is 9.53 Å². The van der Waals surface area contributed by atoms with Gasteiger partial charge in [-0.1, -0.05) is 36.4 Å². The maximum atomic E-state index is 12.5. The zero-order chi connectivity index (χ0) is 16.8. The predicted molar refractivity (Wildman–Crippen MR) is 96.6 cm³/mol. The maximum absolute atomic E-state index is 12.5. The number of hydrogen-bond acceptors (Lipinski definition) is 3. The van der Waals surface area contributed by atoms with Crippen molar-refractivity contribution in [1.82, 2.24) is 4.90 Å². The first-order chi connectivity index (χ1) is 11.8. The van der Waals surface area contributed by atoms with Gasteiger partial charge in [0.2, 0.25) is 5.91 Å². The van der Waals surface area contributed by atoms with E-state index in [1.165, 1.54) is 5.69 Å². The largest absolute Gasteiger partial charge is 0.496 e. The van der Waals surface area contributed by atoms with Crippen LogP contribution in [0.25, 0.3) is 0 Å². The molecule has 0 atom stereocenters. The number of methoxy groups -OCH3 is 1. The Morgan fingerprint density at radius 2 is 1.62 bits per heavy atom. The van der Waals surface area contributed by atoms with Gasteiger partial charge in [0.1, 0.15) is 5.75 Å². The van der Waals surface area contributed by atoms with Crippen LogP contribution >= 0.6 is 0 Å². The molecule has 3 rings (SSSR count). The van der Waals surface area contributed by atoms with Crippen molar-refractivity contribution in [2.75, 3.05) is 38.2 Å². The number of hydrogen-bond donors (Lipinski definition) is 0. The minimum Gasteiger partial charge on any atom is -0.496 e. The van der Waals surface area contributed by atoms with Gasteiger partial charge >= 0.3 is 0 Å². The lowest BCUT2D eigenvalue weighted by Gasteiger charge is -2.36. The first-order valence-electron chi connectivity index (χ1n) is 8.47. The Balaban J connectivity index is 1.50. The topological polar surface area (TPSA) is 32.8 Å². The number of carbonyl (C=O) groups excluding carboxylic acids is 1. The molecule has 2 aromatic carbocycles. The lowest BCUT2D eigenvalue weighted by atomic mass is 10.1. The van der Waals surface area contributed by atoms with Gasteiger partial charge in [-0.25, -0.2) is 0 Å². The second-order valence-electron chi connectivity index (χ2n) is 6.02. The molecule has 1 aliphatic heterocycles. The van der Waals surface area contributed by atoms with Crippen LogP contribution in [0.3, 0.4) is 0 Å². The molecular weight excluding hydrogens is 300 g/mol.